The van der Waals surface area contributed by atoms with Crippen molar-refractivity contribution in [2.24, 2.45) is 17.2 Å². The third-order valence-corrected chi connectivity index (χ3v) is 3.78. The van der Waals surface area contributed by atoms with Crippen molar-refractivity contribution in [2.45, 2.75) is 5.79 Å². The predicted octanol–water partition coefficient (Wildman–Crippen LogP) is 1.44. The lowest BCUT2D eigenvalue weighted by Crippen LogP contribution is -2.54. The van der Waals surface area contributed by atoms with Crippen LogP contribution in [-0.4, -0.2) is 5.11 Å². The van der Waals surface area contributed by atoms with E-state index in [2.05, 4.69) is 5.32 Å². The summed E-state index contributed by atoms with van der Waals surface area (Å²) in [6, 6.07) is 13.9. The third-order valence-electron chi connectivity index (χ3n) is 3.78. The van der Waals surface area contributed by atoms with E-state index >= 15 is 0 Å². The van der Waals surface area contributed by atoms with Gasteiger partial charge >= 0.3 is 0 Å². The summed E-state index contributed by atoms with van der Waals surface area (Å²) in [5.74, 6) is -1.66. The lowest BCUT2D eigenvalue weighted by atomic mass is 9.98. The standard InChI is InChI=1S/C17H20N6O/c18-10-1-4-12(5-2-10)23-15-14(17(20,21)22)8-9-7-11(19)3-6-13(9)16(15)24/h1-8,23-24H,18-22H2. The summed E-state index contributed by atoms with van der Waals surface area (Å²) in [6.07, 6.45) is 0. The monoisotopic (exact) mass is 324 g/mol. The number of nitrogens with two attached hydrogens (primary N) is 5. The molecule has 0 spiro atoms. The van der Waals surface area contributed by atoms with Gasteiger partial charge in [0.05, 0.1) is 5.69 Å². The van der Waals surface area contributed by atoms with Gasteiger partial charge in [0.25, 0.3) is 0 Å². The number of phenolic OH excluding ortho intramolecular Hbond substituents is 1. The van der Waals surface area contributed by atoms with Crippen molar-refractivity contribution in [1.29, 1.82) is 0 Å². The zero-order valence-electron chi connectivity index (χ0n) is 13.0. The lowest BCUT2D eigenvalue weighted by Gasteiger charge is -2.25. The highest BCUT2D eigenvalue weighted by atomic mass is 16.3. The van der Waals surface area contributed by atoms with Crippen LogP contribution >= 0.6 is 0 Å². The molecule has 0 aliphatic carbocycles. The molecule has 0 aliphatic heterocycles. The van der Waals surface area contributed by atoms with Crippen LogP contribution < -0.4 is 34.0 Å². The van der Waals surface area contributed by atoms with Gasteiger partial charge in [-0.05, 0) is 53.9 Å². The van der Waals surface area contributed by atoms with E-state index in [1.165, 1.54) is 0 Å². The number of fused-ring (bicyclic) bond motifs is 1. The molecule has 0 unspecified atom stereocenters. The molecule has 3 rings (SSSR count). The van der Waals surface area contributed by atoms with Crippen molar-refractivity contribution < 1.29 is 5.11 Å². The maximum atomic E-state index is 10.7. The molecule has 3 aromatic rings. The van der Waals surface area contributed by atoms with Crippen LogP contribution in [-0.2, 0) is 5.79 Å². The van der Waals surface area contributed by atoms with Gasteiger partial charge in [0.2, 0.25) is 0 Å². The molecule has 0 saturated heterocycles. The summed E-state index contributed by atoms with van der Waals surface area (Å²) in [4.78, 5) is 0. The molecule has 7 heteroatoms. The highest BCUT2D eigenvalue weighted by Gasteiger charge is 2.24. The number of rotatable bonds is 3. The molecule has 0 amide bonds. The van der Waals surface area contributed by atoms with Gasteiger partial charge in [0.15, 0.2) is 0 Å². The summed E-state index contributed by atoms with van der Waals surface area (Å²) in [6.45, 7) is 0. The zero-order valence-corrected chi connectivity index (χ0v) is 13.0. The van der Waals surface area contributed by atoms with Crippen LogP contribution in [0.25, 0.3) is 10.8 Å². The molecule has 0 aromatic heterocycles. The predicted molar refractivity (Wildman–Crippen MR) is 98.4 cm³/mol. The highest BCUT2D eigenvalue weighted by molar-refractivity contribution is 5.97. The second kappa shape index (κ2) is 5.57. The lowest BCUT2D eigenvalue weighted by molar-refractivity contribution is 0.468. The third kappa shape index (κ3) is 2.91. The summed E-state index contributed by atoms with van der Waals surface area (Å²) >= 11 is 0. The summed E-state index contributed by atoms with van der Waals surface area (Å²) in [5, 5.41) is 15.1. The van der Waals surface area contributed by atoms with Crippen LogP contribution in [0.2, 0.25) is 0 Å². The second-order valence-corrected chi connectivity index (χ2v) is 5.81. The molecule has 0 radical (unpaired) electrons. The zero-order chi connectivity index (χ0) is 17.5. The van der Waals surface area contributed by atoms with Crippen LogP contribution in [0, 0.1) is 0 Å². The Kier molecular flexibility index (Phi) is 3.69. The Morgan fingerprint density at radius 1 is 0.833 bits per heavy atom. The van der Waals surface area contributed by atoms with Crippen molar-refractivity contribution in [3.8, 4) is 5.75 Å². The number of hydrogen-bond acceptors (Lipinski definition) is 7. The number of benzene rings is 3. The Morgan fingerprint density at radius 3 is 2.08 bits per heavy atom. The first-order chi connectivity index (χ1) is 11.3. The van der Waals surface area contributed by atoms with Crippen LogP contribution in [0.4, 0.5) is 22.7 Å². The SMILES string of the molecule is Nc1ccc(Nc2c(C(N)(N)N)cc3cc(N)ccc3c2O)cc1. The molecule has 3 aromatic carbocycles. The number of phenols is 1. The minimum absolute atomic E-state index is 0.00921. The van der Waals surface area contributed by atoms with Crippen LogP contribution in [0.5, 0.6) is 5.75 Å². The van der Waals surface area contributed by atoms with Gasteiger partial charge in [-0.2, -0.15) is 0 Å². The number of aromatic hydroxyl groups is 1. The molecule has 7 nitrogen and oxygen atoms in total. The molecule has 0 bridgehead atoms. The first-order valence-electron chi connectivity index (χ1n) is 7.30. The maximum Gasteiger partial charge on any atom is 0.147 e. The van der Waals surface area contributed by atoms with E-state index in [0.717, 1.165) is 0 Å². The molecule has 124 valence electrons. The average molecular weight is 324 g/mol. The van der Waals surface area contributed by atoms with Gasteiger partial charge in [-0.15, -0.1) is 0 Å². The fourth-order valence-electron chi connectivity index (χ4n) is 2.59. The highest BCUT2D eigenvalue weighted by Crippen LogP contribution is 2.40. The molecule has 0 atom stereocenters. The molecular weight excluding hydrogens is 304 g/mol. The van der Waals surface area contributed by atoms with Gasteiger partial charge < -0.3 is 21.9 Å². The van der Waals surface area contributed by atoms with Crippen molar-refractivity contribution in [1.82, 2.24) is 0 Å². The van der Waals surface area contributed by atoms with E-state index in [9.17, 15) is 5.11 Å². The van der Waals surface area contributed by atoms with E-state index in [0.29, 0.717) is 39.1 Å². The fraction of sp³-hybridized carbons (Fsp3) is 0.0588. The first-order valence-corrected chi connectivity index (χ1v) is 7.30. The molecule has 0 heterocycles. The minimum Gasteiger partial charge on any atom is -0.505 e. The normalized spacial score (nSPS) is 11.6. The Labute approximate surface area is 139 Å². The van der Waals surface area contributed by atoms with Gasteiger partial charge in [-0.3, -0.25) is 17.2 Å². The second-order valence-electron chi connectivity index (χ2n) is 5.81. The fourth-order valence-corrected chi connectivity index (χ4v) is 2.59. The van der Waals surface area contributed by atoms with Gasteiger partial charge in [-0.1, -0.05) is 0 Å². The van der Waals surface area contributed by atoms with Crippen LogP contribution in [0.15, 0.2) is 48.5 Å². The van der Waals surface area contributed by atoms with Gasteiger partial charge in [0, 0.05) is 28.0 Å². The molecule has 0 aliphatic rings. The topological polar surface area (TPSA) is 162 Å². The number of hydrogen-bond donors (Lipinski definition) is 7. The van der Waals surface area contributed by atoms with Gasteiger partial charge in [0.1, 0.15) is 11.5 Å². The minimum atomic E-state index is -1.65. The largest absolute Gasteiger partial charge is 0.505 e. The molecule has 0 fully saturated rings. The van der Waals surface area contributed by atoms with Crippen molar-refractivity contribution in [3.63, 3.8) is 0 Å². The number of nitrogens with one attached hydrogen (secondary N) is 1. The molecule has 0 saturated carbocycles. The Balaban J connectivity index is 2.22. The smallest absolute Gasteiger partial charge is 0.147 e. The van der Waals surface area contributed by atoms with E-state index in [-0.39, 0.29) is 5.75 Å². The first kappa shape index (κ1) is 15.9. The average Bonchev–Trinajstić information content (AvgIpc) is 2.50. The number of nitrogen functional groups attached to an aromatic ring is 2. The van der Waals surface area contributed by atoms with Gasteiger partial charge in [-0.25, -0.2) is 0 Å². The Hall–Kier alpha value is -3.00. The molecule has 24 heavy (non-hydrogen) atoms. The summed E-state index contributed by atoms with van der Waals surface area (Å²) in [7, 11) is 0. The van der Waals surface area contributed by atoms with Crippen LogP contribution in [0.1, 0.15) is 5.56 Å². The van der Waals surface area contributed by atoms with E-state index in [1.807, 2.05) is 0 Å². The Bertz CT molecular complexity index is 900. The summed E-state index contributed by atoms with van der Waals surface area (Å²) in [5.41, 5.74) is 31.7. The van der Waals surface area contributed by atoms with E-state index < -0.39 is 5.79 Å². The van der Waals surface area contributed by atoms with Crippen molar-refractivity contribution in [2.75, 3.05) is 16.8 Å². The van der Waals surface area contributed by atoms with Crippen molar-refractivity contribution >= 4 is 33.5 Å². The Morgan fingerprint density at radius 2 is 1.46 bits per heavy atom. The molecular formula is C17H20N6O. The quantitative estimate of drug-likeness (QED) is 0.218. The summed E-state index contributed by atoms with van der Waals surface area (Å²) < 4.78 is 0. The van der Waals surface area contributed by atoms with E-state index in [4.69, 9.17) is 28.7 Å². The number of anilines is 4. The van der Waals surface area contributed by atoms with E-state index in [1.54, 1.807) is 48.5 Å². The van der Waals surface area contributed by atoms with Crippen molar-refractivity contribution in [3.05, 3.63) is 54.1 Å². The molecule has 12 N–H and O–H groups in total. The maximum absolute atomic E-state index is 10.7. The van der Waals surface area contributed by atoms with Crippen LogP contribution in [0.3, 0.4) is 0 Å².